The fraction of sp³-hybridized carbons (Fsp3) is 0.467. The Hall–Kier alpha value is -2.04. The van der Waals surface area contributed by atoms with Crippen molar-refractivity contribution in [1.29, 1.82) is 0 Å². The van der Waals surface area contributed by atoms with Crippen molar-refractivity contribution in [2.45, 2.75) is 32.1 Å². The van der Waals surface area contributed by atoms with E-state index in [9.17, 15) is 19.7 Å². The van der Waals surface area contributed by atoms with Gasteiger partial charge in [-0.05, 0) is 25.3 Å². The second-order valence-corrected chi connectivity index (χ2v) is 5.28. The lowest BCUT2D eigenvalue weighted by Crippen LogP contribution is -2.42. The van der Waals surface area contributed by atoms with Crippen molar-refractivity contribution in [3.05, 3.63) is 46.0 Å². The molecule has 20 heavy (non-hydrogen) atoms. The summed E-state index contributed by atoms with van der Waals surface area (Å²) in [6.07, 6.45) is 1.37. The molecule has 0 saturated heterocycles. The Bertz CT molecular complexity index is 540. The van der Waals surface area contributed by atoms with E-state index in [1.807, 2.05) is 6.07 Å². The van der Waals surface area contributed by atoms with Crippen molar-refractivity contribution in [1.82, 2.24) is 0 Å². The van der Waals surface area contributed by atoms with Gasteiger partial charge in [-0.3, -0.25) is 19.7 Å². The molecule has 2 atom stereocenters. The topological polar surface area (TPSA) is 77.3 Å². The molecule has 0 aliphatic heterocycles. The van der Waals surface area contributed by atoms with Crippen molar-refractivity contribution >= 4 is 11.6 Å². The molecular formula is C15H17NO4. The largest absolute Gasteiger partial charge is 0.299 e. The summed E-state index contributed by atoms with van der Waals surface area (Å²) < 4.78 is 0. The Morgan fingerprint density at radius 3 is 2.50 bits per heavy atom. The SMILES string of the molecule is CC(=O)C1(C(C[N+](=O)[O-])c2ccccc2)CCCC1=O. The third-order valence-electron chi connectivity index (χ3n) is 4.23. The molecule has 1 aliphatic rings. The summed E-state index contributed by atoms with van der Waals surface area (Å²) in [5.41, 5.74) is -0.524. The first-order valence-electron chi connectivity index (χ1n) is 6.69. The molecule has 1 saturated carbocycles. The number of hydrogen-bond acceptors (Lipinski definition) is 4. The first-order chi connectivity index (χ1) is 9.48. The van der Waals surface area contributed by atoms with Crippen molar-refractivity contribution < 1.29 is 14.5 Å². The zero-order chi connectivity index (χ0) is 14.8. The third kappa shape index (κ3) is 2.35. The molecule has 0 aromatic heterocycles. The standard InChI is InChI=1S/C15H17NO4/c1-11(17)15(9-5-8-14(15)18)13(10-16(19)20)12-6-3-2-4-7-12/h2-4,6-7,13H,5,8-10H2,1H3. The van der Waals surface area contributed by atoms with Gasteiger partial charge in [0.05, 0.1) is 5.92 Å². The van der Waals surface area contributed by atoms with E-state index in [1.54, 1.807) is 24.3 Å². The van der Waals surface area contributed by atoms with Crippen LogP contribution in [0.5, 0.6) is 0 Å². The molecule has 1 aromatic rings. The summed E-state index contributed by atoms with van der Waals surface area (Å²) >= 11 is 0. The smallest absolute Gasteiger partial charge is 0.212 e. The van der Waals surface area contributed by atoms with E-state index in [0.29, 0.717) is 24.8 Å². The van der Waals surface area contributed by atoms with Crippen LogP contribution in [0.25, 0.3) is 0 Å². The van der Waals surface area contributed by atoms with Gasteiger partial charge in [0.2, 0.25) is 6.54 Å². The number of benzene rings is 1. The van der Waals surface area contributed by atoms with Crippen LogP contribution in [0, 0.1) is 15.5 Å². The summed E-state index contributed by atoms with van der Waals surface area (Å²) in [6, 6.07) is 8.86. The van der Waals surface area contributed by atoms with Crippen molar-refractivity contribution in [3.8, 4) is 0 Å². The molecule has 1 aromatic carbocycles. The molecule has 5 nitrogen and oxygen atoms in total. The second kappa shape index (κ2) is 5.53. The highest BCUT2D eigenvalue weighted by atomic mass is 16.6. The van der Waals surface area contributed by atoms with Gasteiger partial charge in [0.25, 0.3) is 0 Å². The van der Waals surface area contributed by atoms with Gasteiger partial charge >= 0.3 is 0 Å². The maximum atomic E-state index is 12.3. The fourth-order valence-corrected chi connectivity index (χ4v) is 3.26. The van der Waals surface area contributed by atoms with Gasteiger partial charge in [-0.2, -0.15) is 0 Å². The molecule has 0 radical (unpaired) electrons. The summed E-state index contributed by atoms with van der Waals surface area (Å²) in [4.78, 5) is 35.0. The number of rotatable bonds is 5. The summed E-state index contributed by atoms with van der Waals surface area (Å²) in [6.45, 7) is 0.981. The highest BCUT2D eigenvalue weighted by Crippen LogP contribution is 2.47. The first-order valence-corrected chi connectivity index (χ1v) is 6.69. The van der Waals surface area contributed by atoms with E-state index < -0.39 is 22.8 Å². The Morgan fingerprint density at radius 2 is 2.05 bits per heavy atom. The minimum absolute atomic E-state index is 0.152. The third-order valence-corrected chi connectivity index (χ3v) is 4.23. The second-order valence-electron chi connectivity index (χ2n) is 5.28. The quantitative estimate of drug-likeness (QED) is 0.469. The lowest BCUT2D eigenvalue weighted by Gasteiger charge is -2.31. The number of carbonyl (C=O) groups is 2. The summed E-state index contributed by atoms with van der Waals surface area (Å²) in [7, 11) is 0. The molecule has 106 valence electrons. The number of ketones is 2. The molecule has 0 N–H and O–H groups in total. The maximum Gasteiger partial charge on any atom is 0.212 e. The molecule has 0 spiro atoms. The normalized spacial score (nSPS) is 23.6. The first kappa shape index (κ1) is 14.4. The Labute approximate surface area is 117 Å². The zero-order valence-corrected chi connectivity index (χ0v) is 11.4. The Kier molecular flexibility index (Phi) is 3.97. The maximum absolute atomic E-state index is 12.3. The molecule has 5 heteroatoms. The van der Waals surface area contributed by atoms with Crippen molar-refractivity contribution in [2.75, 3.05) is 6.54 Å². The van der Waals surface area contributed by atoms with Crippen molar-refractivity contribution in [2.24, 2.45) is 5.41 Å². The van der Waals surface area contributed by atoms with Crippen LogP contribution in [0.1, 0.15) is 37.7 Å². The molecule has 1 aliphatic carbocycles. The van der Waals surface area contributed by atoms with Crippen LogP contribution < -0.4 is 0 Å². The monoisotopic (exact) mass is 275 g/mol. The number of nitro groups is 1. The molecule has 1 fully saturated rings. The number of carbonyl (C=O) groups excluding carboxylic acids is 2. The van der Waals surface area contributed by atoms with Gasteiger partial charge < -0.3 is 0 Å². The van der Waals surface area contributed by atoms with E-state index in [4.69, 9.17) is 0 Å². The Morgan fingerprint density at radius 1 is 1.40 bits per heavy atom. The molecule has 0 heterocycles. The van der Waals surface area contributed by atoms with Crippen LogP contribution in [-0.2, 0) is 9.59 Å². The predicted octanol–water partition coefficient (Wildman–Crippen LogP) is 2.38. The van der Waals surface area contributed by atoms with Gasteiger partial charge in [0.15, 0.2) is 0 Å². The minimum atomic E-state index is -1.21. The van der Waals surface area contributed by atoms with Crippen LogP contribution in [0.3, 0.4) is 0 Å². The van der Waals surface area contributed by atoms with Crippen LogP contribution in [0.4, 0.5) is 0 Å². The van der Waals surface area contributed by atoms with E-state index >= 15 is 0 Å². The molecule has 2 rings (SSSR count). The molecular weight excluding hydrogens is 258 g/mol. The van der Waals surface area contributed by atoms with Crippen LogP contribution in [-0.4, -0.2) is 23.0 Å². The predicted molar refractivity (Wildman–Crippen MR) is 73.0 cm³/mol. The minimum Gasteiger partial charge on any atom is -0.299 e. The lowest BCUT2D eigenvalue weighted by molar-refractivity contribution is -0.485. The van der Waals surface area contributed by atoms with Crippen molar-refractivity contribution in [3.63, 3.8) is 0 Å². The van der Waals surface area contributed by atoms with Gasteiger partial charge in [0, 0.05) is 11.3 Å². The number of Topliss-reactive ketones (excluding diaryl/α,β-unsaturated/α-hetero) is 2. The van der Waals surface area contributed by atoms with E-state index in [0.717, 1.165) is 0 Å². The van der Waals surface area contributed by atoms with Crippen LogP contribution in [0.2, 0.25) is 0 Å². The van der Waals surface area contributed by atoms with Crippen LogP contribution in [0.15, 0.2) is 30.3 Å². The summed E-state index contributed by atoms with van der Waals surface area (Å²) in [5, 5.41) is 11.0. The molecule has 2 unspecified atom stereocenters. The van der Waals surface area contributed by atoms with Gasteiger partial charge in [-0.15, -0.1) is 0 Å². The van der Waals surface area contributed by atoms with E-state index in [-0.39, 0.29) is 11.6 Å². The number of hydrogen-bond donors (Lipinski definition) is 0. The number of nitrogens with zero attached hydrogens (tertiary/aromatic N) is 1. The van der Waals surface area contributed by atoms with Crippen LogP contribution >= 0.6 is 0 Å². The highest BCUT2D eigenvalue weighted by Gasteiger charge is 2.54. The average Bonchev–Trinajstić information content (AvgIpc) is 2.79. The fourth-order valence-electron chi connectivity index (χ4n) is 3.26. The average molecular weight is 275 g/mol. The molecule has 0 amide bonds. The van der Waals surface area contributed by atoms with Gasteiger partial charge in [0.1, 0.15) is 17.0 Å². The van der Waals surface area contributed by atoms with Gasteiger partial charge in [-0.25, -0.2) is 0 Å². The summed E-state index contributed by atoms with van der Waals surface area (Å²) in [5.74, 6) is -1.08. The van der Waals surface area contributed by atoms with E-state index in [2.05, 4.69) is 0 Å². The highest BCUT2D eigenvalue weighted by molar-refractivity contribution is 6.08. The lowest BCUT2D eigenvalue weighted by atomic mass is 9.67. The van der Waals surface area contributed by atoms with E-state index in [1.165, 1.54) is 6.92 Å². The Balaban J connectivity index is 2.52. The molecule has 0 bridgehead atoms. The van der Waals surface area contributed by atoms with Gasteiger partial charge in [-0.1, -0.05) is 30.3 Å². The zero-order valence-electron chi connectivity index (χ0n) is 11.4.